The number of piperidine rings is 1. The third-order valence-corrected chi connectivity index (χ3v) is 4.10. The Morgan fingerprint density at radius 3 is 2.35 bits per heavy atom. The van der Waals surface area contributed by atoms with Gasteiger partial charge in [-0.3, -0.25) is 4.79 Å². The first kappa shape index (κ1) is 17.5. The molecule has 1 fully saturated rings. The lowest BCUT2D eigenvalue weighted by atomic mass is 9.89. The maximum atomic E-state index is 12.7. The molecule has 0 saturated carbocycles. The highest BCUT2D eigenvalue weighted by atomic mass is 16.6. The molecule has 1 saturated heterocycles. The van der Waals surface area contributed by atoms with Gasteiger partial charge in [-0.1, -0.05) is 37.3 Å². The van der Waals surface area contributed by atoms with Crippen LogP contribution in [0, 0.1) is 0 Å². The summed E-state index contributed by atoms with van der Waals surface area (Å²) in [6.45, 7) is 7.62. The molecule has 0 radical (unpaired) electrons. The summed E-state index contributed by atoms with van der Waals surface area (Å²) in [5.74, 6) is 0.234. The predicted molar refractivity (Wildman–Crippen MR) is 90.3 cm³/mol. The maximum absolute atomic E-state index is 12.7. The van der Waals surface area contributed by atoms with E-state index in [4.69, 9.17) is 4.74 Å². The number of amides is 1. The second-order valence-electron chi connectivity index (χ2n) is 7.24. The monoisotopic (exact) mass is 317 g/mol. The summed E-state index contributed by atoms with van der Waals surface area (Å²) in [4.78, 5) is 26.6. The molecule has 126 valence electrons. The van der Waals surface area contributed by atoms with Crippen molar-refractivity contribution in [1.29, 1.82) is 0 Å². The first-order valence-corrected chi connectivity index (χ1v) is 8.37. The Hall–Kier alpha value is -1.84. The quantitative estimate of drug-likeness (QED) is 0.847. The molecule has 0 aliphatic carbocycles. The fourth-order valence-electron chi connectivity index (χ4n) is 3.11. The average molecular weight is 317 g/mol. The Morgan fingerprint density at radius 1 is 1.17 bits per heavy atom. The molecule has 4 heteroatoms. The zero-order valence-corrected chi connectivity index (χ0v) is 14.5. The van der Waals surface area contributed by atoms with E-state index in [9.17, 15) is 9.59 Å². The van der Waals surface area contributed by atoms with E-state index in [0.29, 0.717) is 19.3 Å². The van der Waals surface area contributed by atoms with Gasteiger partial charge >= 0.3 is 6.09 Å². The van der Waals surface area contributed by atoms with Crippen LogP contribution in [0.5, 0.6) is 0 Å². The molecule has 2 atom stereocenters. The van der Waals surface area contributed by atoms with Crippen LogP contribution in [-0.2, 0) is 16.0 Å². The lowest BCUT2D eigenvalue weighted by Crippen LogP contribution is -2.54. The topological polar surface area (TPSA) is 46.6 Å². The molecule has 1 aliphatic heterocycles. The van der Waals surface area contributed by atoms with Crippen LogP contribution < -0.4 is 0 Å². The maximum Gasteiger partial charge on any atom is 0.410 e. The highest BCUT2D eigenvalue weighted by Crippen LogP contribution is 2.27. The summed E-state index contributed by atoms with van der Waals surface area (Å²) in [5, 5.41) is 0. The molecule has 0 spiro atoms. The second kappa shape index (κ2) is 7.16. The Balaban J connectivity index is 2.23. The SMILES string of the molecule is CCC1CC(=O)CC(Cc2ccccc2)N1C(=O)OC(C)(C)C. The van der Waals surface area contributed by atoms with Crippen molar-refractivity contribution < 1.29 is 14.3 Å². The van der Waals surface area contributed by atoms with E-state index in [1.807, 2.05) is 58.0 Å². The number of benzene rings is 1. The molecular formula is C19H27NO3. The molecular weight excluding hydrogens is 290 g/mol. The normalized spacial score (nSPS) is 22.1. The fraction of sp³-hybridized carbons (Fsp3) is 0.579. The average Bonchev–Trinajstić information content (AvgIpc) is 2.45. The van der Waals surface area contributed by atoms with E-state index in [2.05, 4.69) is 0 Å². The molecule has 0 N–H and O–H groups in total. The summed E-state index contributed by atoms with van der Waals surface area (Å²) in [7, 11) is 0. The van der Waals surface area contributed by atoms with Crippen LogP contribution in [0.1, 0.15) is 52.5 Å². The lowest BCUT2D eigenvalue weighted by Gasteiger charge is -2.41. The van der Waals surface area contributed by atoms with E-state index >= 15 is 0 Å². The van der Waals surface area contributed by atoms with Gasteiger partial charge < -0.3 is 9.64 Å². The molecule has 0 bridgehead atoms. The number of hydrogen-bond acceptors (Lipinski definition) is 3. The third-order valence-electron chi connectivity index (χ3n) is 4.10. The van der Waals surface area contributed by atoms with Crippen LogP contribution >= 0.6 is 0 Å². The van der Waals surface area contributed by atoms with E-state index in [0.717, 1.165) is 12.0 Å². The highest BCUT2D eigenvalue weighted by molar-refractivity contribution is 5.83. The molecule has 2 unspecified atom stereocenters. The minimum Gasteiger partial charge on any atom is -0.444 e. The predicted octanol–water partition coefficient (Wildman–Crippen LogP) is 3.98. The first-order valence-electron chi connectivity index (χ1n) is 8.37. The fourth-order valence-corrected chi connectivity index (χ4v) is 3.11. The van der Waals surface area contributed by atoms with Gasteiger partial charge in [-0.25, -0.2) is 4.79 Å². The third kappa shape index (κ3) is 4.81. The van der Waals surface area contributed by atoms with Crippen molar-refractivity contribution in [3.63, 3.8) is 0 Å². The van der Waals surface area contributed by atoms with Gasteiger partial charge in [0.1, 0.15) is 11.4 Å². The molecule has 1 aromatic carbocycles. The molecule has 2 rings (SSSR count). The Morgan fingerprint density at radius 2 is 1.78 bits per heavy atom. The van der Waals surface area contributed by atoms with Gasteiger partial charge in [0.2, 0.25) is 0 Å². The van der Waals surface area contributed by atoms with Gasteiger partial charge in [-0.2, -0.15) is 0 Å². The van der Waals surface area contributed by atoms with Crippen molar-refractivity contribution in [3.05, 3.63) is 35.9 Å². The van der Waals surface area contributed by atoms with E-state index in [1.54, 1.807) is 4.90 Å². The molecule has 1 heterocycles. The Labute approximate surface area is 138 Å². The van der Waals surface area contributed by atoms with Crippen molar-refractivity contribution in [2.45, 2.75) is 71.1 Å². The zero-order chi connectivity index (χ0) is 17.0. The largest absolute Gasteiger partial charge is 0.444 e. The molecule has 0 aromatic heterocycles. The number of likely N-dealkylation sites (tertiary alicyclic amines) is 1. The van der Waals surface area contributed by atoms with Crippen LogP contribution in [0.25, 0.3) is 0 Å². The van der Waals surface area contributed by atoms with Gasteiger partial charge in [0, 0.05) is 24.9 Å². The molecule has 1 aromatic rings. The second-order valence-corrected chi connectivity index (χ2v) is 7.24. The smallest absolute Gasteiger partial charge is 0.410 e. The van der Waals surface area contributed by atoms with Crippen molar-refractivity contribution >= 4 is 11.9 Å². The number of Topliss-reactive ketones (excluding diaryl/α,β-unsaturated/α-hetero) is 1. The van der Waals surface area contributed by atoms with Crippen molar-refractivity contribution in [2.24, 2.45) is 0 Å². The number of hydrogen-bond donors (Lipinski definition) is 0. The summed E-state index contributed by atoms with van der Waals surface area (Å²) in [6, 6.07) is 9.80. The lowest BCUT2D eigenvalue weighted by molar-refractivity contribution is -0.125. The van der Waals surface area contributed by atoms with E-state index in [1.165, 1.54) is 0 Å². The number of carbonyl (C=O) groups is 2. The van der Waals surface area contributed by atoms with Gasteiger partial charge in [0.15, 0.2) is 0 Å². The highest BCUT2D eigenvalue weighted by Gasteiger charge is 2.39. The van der Waals surface area contributed by atoms with Crippen LogP contribution in [0.3, 0.4) is 0 Å². The zero-order valence-electron chi connectivity index (χ0n) is 14.5. The van der Waals surface area contributed by atoms with E-state index < -0.39 is 5.60 Å². The van der Waals surface area contributed by atoms with Gasteiger partial charge in [-0.15, -0.1) is 0 Å². The van der Waals surface area contributed by atoms with Crippen LogP contribution in [0.4, 0.5) is 4.79 Å². The minimum atomic E-state index is -0.534. The van der Waals surface area contributed by atoms with Crippen LogP contribution in [0.2, 0.25) is 0 Å². The molecule has 1 amide bonds. The Bertz CT molecular complexity index is 547. The molecule has 23 heavy (non-hydrogen) atoms. The Kier molecular flexibility index (Phi) is 5.45. The summed E-state index contributed by atoms with van der Waals surface area (Å²) < 4.78 is 5.59. The first-order chi connectivity index (χ1) is 10.8. The minimum absolute atomic E-state index is 0.0696. The number of ketones is 1. The van der Waals surface area contributed by atoms with Crippen molar-refractivity contribution in [3.8, 4) is 0 Å². The van der Waals surface area contributed by atoms with E-state index in [-0.39, 0.29) is 24.0 Å². The summed E-state index contributed by atoms with van der Waals surface area (Å²) in [5.41, 5.74) is 0.601. The molecule has 4 nitrogen and oxygen atoms in total. The van der Waals surface area contributed by atoms with Gasteiger partial charge in [0.05, 0.1) is 0 Å². The van der Waals surface area contributed by atoms with Crippen LogP contribution in [-0.4, -0.2) is 34.5 Å². The van der Waals surface area contributed by atoms with Crippen molar-refractivity contribution in [1.82, 2.24) is 4.90 Å². The van der Waals surface area contributed by atoms with Gasteiger partial charge in [-0.05, 0) is 39.2 Å². The number of rotatable bonds is 3. The number of carbonyl (C=O) groups excluding carboxylic acids is 2. The van der Waals surface area contributed by atoms with Gasteiger partial charge in [0.25, 0.3) is 0 Å². The molecule has 1 aliphatic rings. The van der Waals surface area contributed by atoms with Crippen molar-refractivity contribution in [2.75, 3.05) is 0 Å². The number of nitrogens with zero attached hydrogens (tertiary/aromatic N) is 1. The standard InChI is InChI=1S/C19H27NO3/c1-5-15-12-17(21)13-16(11-14-9-7-6-8-10-14)20(15)18(22)23-19(2,3)4/h6-10,15-16H,5,11-13H2,1-4H3. The van der Waals surface area contributed by atoms with Crippen LogP contribution in [0.15, 0.2) is 30.3 Å². The number of ether oxygens (including phenoxy) is 1. The summed E-state index contributed by atoms with van der Waals surface area (Å²) in [6.07, 6.45) is 1.97. The summed E-state index contributed by atoms with van der Waals surface area (Å²) >= 11 is 0.